The van der Waals surface area contributed by atoms with Gasteiger partial charge in [-0.1, -0.05) is 6.92 Å². The summed E-state index contributed by atoms with van der Waals surface area (Å²) in [5.74, 6) is 0.737. The molecule has 4 heteroatoms. The Morgan fingerprint density at radius 1 is 1.47 bits per heavy atom. The highest BCUT2D eigenvalue weighted by atomic mass is 79.9. The van der Waals surface area contributed by atoms with E-state index in [1.165, 1.54) is 0 Å². The summed E-state index contributed by atoms with van der Waals surface area (Å²) in [6, 6.07) is 3.90. The molecular formula is C15H22BrNO2. The molecule has 1 aliphatic carbocycles. The van der Waals surface area contributed by atoms with Gasteiger partial charge in [0.15, 0.2) is 0 Å². The number of ether oxygens (including phenoxy) is 1. The second kappa shape index (κ2) is 6.33. The molecule has 19 heavy (non-hydrogen) atoms. The Morgan fingerprint density at radius 3 is 2.68 bits per heavy atom. The molecule has 1 aliphatic rings. The van der Waals surface area contributed by atoms with E-state index in [-0.39, 0.29) is 5.60 Å². The average molecular weight is 328 g/mol. The fourth-order valence-electron chi connectivity index (χ4n) is 2.84. The molecule has 0 aromatic carbocycles. The number of rotatable bonds is 4. The van der Waals surface area contributed by atoms with Gasteiger partial charge in [0.25, 0.3) is 0 Å². The van der Waals surface area contributed by atoms with Gasteiger partial charge < -0.3 is 9.84 Å². The predicted octanol–water partition coefficient (Wildman–Crippen LogP) is 3.34. The summed E-state index contributed by atoms with van der Waals surface area (Å²) < 4.78 is 6.65. The van der Waals surface area contributed by atoms with Crippen molar-refractivity contribution in [2.24, 2.45) is 5.92 Å². The van der Waals surface area contributed by atoms with Crippen LogP contribution in [0.15, 0.2) is 22.8 Å². The number of halogens is 1. The molecule has 1 atom stereocenters. The van der Waals surface area contributed by atoms with E-state index in [1.54, 1.807) is 13.3 Å². The van der Waals surface area contributed by atoms with Crippen LogP contribution < -0.4 is 0 Å². The second-order valence-corrected chi connectivity index (χ2v) is 6.55. The monoisotopic (exact) mass is 327 g/mol. The van der Waals surface area contributed by atoms with Gasteiger partial charge >= 0.3 is 0 Å². The van der Waals surface area contributed by atoms with Crippen molar-refractivity contribution in [1.29, 1.82) is 0 Å². The predicted molar refractivity (Wildman–Crippen MR) is 79.0 cm³/mol. The fourth-order valence-corrected chi connectivity index (χ4v) is 3.07. The lowest BCUT2D eigenvalue weighted by Crippen LogP contribution is -2.48. The van der Waals surface area contributed by atoms with Gasteiger partial charge in [-0.3, -0.25) is 4.98 Å². The Labute approximate surface area is 123 Å². The topological polar surface area (TPSA) is 42.4 Å². The average Bonchev–Trinajstić information content (AvgIpc) is 2.42. The second-order valence-electron chi connectivity index (χ2n) is 5.64. The smallest absolute Gasteiger partial charge is 0.0940 e. The van der Waals surface area contributed by atoms with Crippen LogP contribution in [0.3, 0.4) is 0 Å². The van der Waals surface area contributed by atoms with E-state index in [1.807, 2.05) is 12.1 Å². The number of methoxy groups -OCH3 is 1. The van der Waals surface area contributed by atoms with Gasteiger partial charge in [-0.05, 0) is 59.7 Å². The fraction of sp³-hybridized carbons (Fsp3) is 0.667. The normalized spacial score (nSPS) is 29.2. The first kappa shape index (κ1) is 14.9. The Bertz CT molecular complexity index is 399. The van der Waals surface area contributed by atoms with E-state index >= 15 is 0 Å². The van der Waals surface area contributed by atoms with E-state index in [2.05, 4.69) is 27.8 Å². The molecule has 0 bridgehead atoms. The summed E-state index contributed by atoms with van der Waals surface area (Å²) in [4.78, 5) is 4.33. The van der Waals surface area contributed by atoms with Gasteiger partial charge in [0.2, 0.25) is 0 Å². The van der Waals surface area contributed by atoms with Crippen molar-refractivity contribution in [1.82, 2.24) is 4.98 Å². The number of hydrogen-bond donors (Lipinski definition) is 1. The maximum atomic E-state index is 10.6. The van der Waals surface area contributed by atoms with E-state index < -0.39 is 6.10 Å². The van der Waals surface area contributed by atoms with Gasteiger partial charge in [-0.15, -0.1) is 0 Å². The van der Waals surface area contributed by atoms with E-state index in [0.717, 1.165) is 41.8 Å². The van der Waals surface area contributed by atoms with E-state index in [9.17, 15) is 5.11 Å². The molecule has 3 nitrogen and oxygen atoms in total. The SMILES string of the molecule is COC1(C(O)Cc2ccc(Br)cn2)CCC(C)CC1. The Hall–Kier alpha value is -0.450. The molecule has 1 aromatic heterocycles. The number of hydrogen-bond acceptors (Lipinski definition) is 3. The van der Waals surface area contributed by atoms with Crippen LogP contribution in [0.1, 0.15) is 38.3 Å². The number of aliphatic hydroxyl groups is 1. The van der Waals surface area contributed by atoms with Crippen molar-refractivity contribution < 1.29 is 9.84 Å². The van der Waals surface area contributed by atoms with Crippen LogP contribution in [0.5, 0.6) is 0 Å². The summed E-state index contributed by atoms with van der Waals surface area (Å²) in [6.45, 7) is 2.27. The highest BCUT2D eigenvalue weighted by Gasteiger charge is 2.40. The zero-order valence-corrected chi connectivity index (χ0v) is 13.2. The summed E-state index contributed by atoms with van der Waals surface area (Å²) in [6.07, 6.45) is 5.95. The number of pyridine rings is 1. The molecule has 1 fully saturated rings. The quantitative estimate of drug-likeness (QED) is 0.922. The molecule has 0 saturated heterocycles. The number of aromatic nitrogens is 1. The number of aliphatic hydroxyl groups excluding tert-OH is 1. The molecule has 1 N–H and O–H groups in total. The summed E-state index contributed by atoms with van der Waals surface area (Å²) >= 11 is 3.37. The molecular weight excluding hydrogens is 306 g/mol. The van der Waals surface area contributed by atoms with Crippen LogP contribution in [0.2, 0.25) is 0 Å². The van der Waals surface area contributed by atoms with Crippen molar-refractivity contribution in [3.8, 4) is 0 Å². The molecule has 0 spiro atoms. The largest absolute Gasteiger partial charge is 0.390 e. The minimum Gasteiger partial charge on any atom is -0.390 e. The standard InChI is InChI=1S/C15H22BrNO2/c1-11-5-7-15(19-2,8-6-11)14(18)9-13-4-3-12(16)10-17-13/h3-4,10-11,14,18H,5-9H2,1-2H3. The van der Waals surface area contributed by atoms with Gasteiger partial charge in [-0.2, -0.15) is 0 Å². The van der Waals surface area contributed by atoms with Gasteiger partial charge in [0.05, 0.1) is 11.7 Å². The first-order chi connectivity index (χ1) is 9.05. The van der Waals surface area contributed by atoms with Crippen molar-refractivity contribution in [3.05, 3.63) is 28.5 Å². The molecule has 0 aliphatic heterocycles. The zero-order chi connectivity index (χ0) is 13.9. The Kier molecular flexibility index (Phi) is 4.98. The third-order valence-corrected chi connectivity index (χ3v) is 4.79. The van der Waals surface area contributed by atoms with Crippen molar-refractivity contribution in [2.45, 2.75) is 50.7 Å². The first-order valence-corrected chi connectivity index (χ1v) is 7.69. The molecule has 1 aromatic rings. The van der Waals surface area contributed by atoms with Crippen LogP contribution >= 0.6 is 15.9 Å². The molecule has 106 valence electrons. The minimum absolute atomic E-state index is 0.388. The Morgan fingerprint density at radius 2 is 2.16 bits per heavy atom. The van der Waals surface area contributed by atoms with Crippen molar-refractivity contribution in [2.75, 3.05) is 7.11 Å². The van der Waals surface area contributed by atoms with Crippen LogP contribution in [-0.4, -0.2) is 28.9 Å². The lowest BCUT2D eigenvalue weighted by Gasteiger charge is -2.41. The number of nitrogens with zero attached hydrogens (tertiary/aromatic N) is 1. The van der Waals surface area contributed by atoms with Gasteiger partial charge in [0.1, 0.15) is 0 Å². The molecule has 1 saturated carbocycles. The maximum Gasteiger partial charge on any atom is 0.0940 e. The lowest BCUT2D eigenvalue weighted by molar-refractivity contribution is -0.127. The molecule has 2 rings (SSSR count). The van der Waals surface area contributed by atoms with Crippen LogP contribution in [0.25, 0.3) is 0 Å². The molecule has 0 radical (unpaired) electrons. The molecule has 0 amide bonds. The van der Waals surface area contributed by atoms with Crippen LogP contribution in [-0.2, 0) is 11.2 Å². The van der Waals surface area contributed by atoms with Crippen LogP contribution in [0.4, 0.5) is 0 Å². The van der Waals surface area contributed by atoms with Crippen molar-refractivity contribution >= 4 is 15.9 Å². The summed E-state index contributed by atoms with van der Waals surface area (Å²) in [7, 11) is 1.72. The lowest BCUT2D eigenvalue weighted by atomic mass is 9.75. The van der Waals surface area contributed by atoms with E-state index in [4.69, 9.17) is 4.74 Å². The summed E-state index contributed by atoms with van der Waals surface area (Å²) in [5.41, 5.74) is 0.520. The highest BCUT2D eigenvalue weighted by molar-refractivity contribution is 9.10. The van der Waals surface area contributed by atoms with Gasteiger partial charge in [0, 0.05) is 29.9 Å². The third kappa shape index (κ3) is 3.56. The van der Waals surface area contributed by atoms with Crippen molar-refractivity contribution in [3.63, 3.8) is 0 Å². The molecule has 1 heterocycles. The first-order valence-electron chi connectivity index (χ1n) is 6.89. The zero-order valence-electron chi connectivity index (χ0n) is 11.6. The minimum atomic E-state index is -0.487. The van der Waals surface area contributed by atoms with Gasteiger partial charge in [-0.25, -0.2) is 0 Å². The molecule has 1 unspecified atom stereocenters. The van der Waals surface area contributed by atoms with Crippen LogP contribution in [0, 0.1) is 5.92 Å². The third-order valence-electron chi connectivity index (χ3n) is 4.33. The Balaban J connectivity index is 2.04. The highest BCUT2D eigenvalue weighted by Crippen LogP contribution is 2.37. The maximum absolute atomic E-state index is 10.6. The van der Waals surface area contributed by atoms with E-state index in [0.29, 0.717) is 6.42 Å². The summed E-state index contributed by atoms with van der Waals surface area (Å²) in [5, 5.41) is 10.6.